The summed E-state index contributed by atoms with van der Waals surface area (Å²) in [7, 11) is -2.92. The number of aromatic amines is 1. The van der Waals surface area contributed by atoms with Crippen molar-refractivity contribution in [3.8, 4) is 0 Å². The van der Waals surface area contributed by atoms with Gasteiger partial charge in [-0.05, 0) is 30.8 Å². The number of pyridine rings is 1. The Kier molecular flexibility index (Phi) is 2.34. The van der Waals surface area contributed by atoms with E-state index in [-0.39, 0.29) is 17.5 Å². The van der Waals surface area contributed by atoms with Gasteiger partial charge in [-0.3, -0.25) is 4.57 Å². The molecule has 1 fully saturated rings. The fraction of sp³-hybridized carbons (Fsp3) is 0.400. The van der Waals surface area contributed by atoms with Crippen molar-refractivity contribution in [2.45, 2.75) is 12.5 Å². The molecule has 0 bridgehead atoms. The van der Waals surface area contributed by atoms with Crippen LogP contribution in [0.5, 0.6) is 0 Å². The van der Waals surface area contributed by atoms with Gasteiger partial charge >= 0.3 is 0 Å². The quantitative estimate of drug-likeness (QED) is 0.796. The van der Waals surface area contributed by atoms with Crippen molar-refractivity contribution in [1.82, 2.24) is 14.5 Å². The van der Waals surface area contributed by atoms with Crippen LogP contribution in [0.25, 0.3) is 11.2 Å². The SMILES string of the molecule is O=S1(=O)CCC(n2c(=S)[nH]c3cccnc32)C1. The van der Waals surface area contributed by atoms with Crippen LogP contribution >= 0.6 is 12.2 Å². The fourth-order valence-corrected chi connectivity index (χ4v) is 4.32. The van der Waals surface area contributed by atoms with E-state index in [1.807, 2.05) is 16.7 Å². The molecule has 7 heteroatoms. The Morgan fingerprint density at radius 1 is 1.53 bits per heavy atom. The molecule has 0 radical (unpaired) electrons. The second-order valence-electron chi connectivity index (χ2n) is 4.23. The van der Waals surface area contributed by atoms with Crippen LogP contribution in [0, 0.1) is 4.77 Å². The second-order valence-corrected chi connectivity index (χ2v) is 6.85. The maximum Gasteiger partial charge on any atom is 0.179 e. The molecule has 2 aromatic rings. The number of nitrogens with zero attached hydrogens (tertiary/aromatic N) is 2. The Bertz CT molecular complexity index is 729. The predicted octanol–water partition coefficient (Wildman–Crippen LogP) is 1.45. The topological polar surface area (TPSA) is 67.8 Å². The number of hydrogen-bond donors (Lipinski definition) is 1. The lowest BCUT2D eigenvalue weighted by atomic mass is 10.2. The van der Waals surface area contributed by atoms with Gasteiger partial charge in [-0.25, -0.2) is 13.4 Å². The van der Waals surface area contributed by atoms with Crippen molar-refractivity contribution in [1.29, 1.82) is 0 Å². The number of hydrogen-bond acceptors (Lipinski definition) is 4. The van der Waals surface area contributed by atoms with Crippen molar-refractivity contribution in [2.24, 2.45) is 0 Å². The summed E-state index contributed by atoms with van der Waals surface area (Å²) in [5.74, 6) is 0.393. The van der Waals surface area contributed by atoms with E-state index in [0.29, 0.717) is 11.2 Å². The molecule has 3 rings (SSSR count). The minimum Gasteiger partial charge on any atom is -0.329 e. The predicted molar refractivity (Wildman–Crippen MR) is 67.2 cm³/mol. The Balaban J connectivity index is 2.18. The van der Waals surface area contributed by atoms with E-state index in [1.54, 1.807) is 6.20 Å². The highest BCUT2D eigenvalue weighted by Gasteiger charge is 2.30. The molecule has 0 amide bonds. The third-order valence-electron chi connectivity index (χ3n) is 3.05. The van der Waals surface area contributed by atoms with Crippen LogP contribution in [0.2, 0.25) is 0 Å². The monoisotopic (exact) mass is 269 g/mol. The molecule has 3 heterocycles. The summed E-state index contributed by atoms with van der Waals surface area (Å²) in [6.45, 7) is 0. The van der Waals surface area contributed by atoms with Gasteiger partial charge in [0.2, 0.25) is 0 Å². The lowest BCUT2D eigenvalue weighted by Gasteiger charge is -2.09. The summed E-state index contributed by atoms with van der Waals surface area (Å²) in [5, 5.41) is 0. The maximum absolute atomic E-state index is 11.5. The molecule has 17 heavy (non-hydrogen) atoms. The summed E-state index contributed by atoms with van der Waals surface area (Å²) in [6.07, 6.45) is 2.30. The standard InChI is InChI=1S/C10H11N3O2S2/c14-17(15)5-3-7(6-17)13-9-8(12-10(13)16)2-1-4-11-9/h1-2,4,7H,3,5-6H2,(H,12,16). The molecule has 1 atom stereocenters. The first-order valence-electron chi connectivity index (χ1n) is 5.32. The third kappa shape index (κ3) is 1.79. The number of aromatic nitrogens is 3. The van der Waals surface area contributed by atoms with Crippen LogP contribution in [0.4, 0.5) is 0 Å². The first-order chi connectivity index (χ1) is 8.07. The lowest BCUT2D eigenvalue weighted by molar-refractivity contribution is 0.560. The summed E-state index contributed by atoms with van der Waals surface area (Å²) < 4.78 is 25.4. The van der Waals surface area contributed by atoms with Crippen molar-refractivity contribution in [3.63, 3.8) is 0 Å². The van der Waals surface area contributed by atoms with Crippen LogP contribution < -0.4 is 0 Å². The lowest BCUT2D eigenvalue weighted by Crippen LogP contribution is -2.11. The molecule has 1 N–H and O–H groups in total. The Labute approximate surface area is 103 Å². The van der Waals surface area contributed by atoms with Crippen molar-refractivity contribution >= 4 is 33.2 Å². The molecule has 1 aliphatic rings. The summed E-state index contributed by atoms with van der Waals surface area (Å²) in [5.41, 5.74) is 1.58. The molecule has 0 saturated carbocycles. The highest BCUT2D eigenvalue weighted by molar-refractivity contribution is 7.91. The molecule has 2 aromatic heterocycles. The average Bonchev–Trinajstić information content (AvgIpc) is 2.77. The van der Waals surface area contributed by atoms with Crippen LogP contribution in [0.3, 0.4) is 0 Å². The summed E-state index contributed by atoms with van der Waals surface area (Å²) in [4.78, 5) is 7.32. The summed E-state index contributed by atoms with van der Waals surface area (Å²) >= 11 is 5.24. The highest BCUT2D eigenvalue weighted by atomic mass is 32.2. The molecule has 0 aliphatic carbocycles. The van der Waals surface area contributed by atoms with Gasteiger partial charge < -0.3 is 4.98 Å². The summed E-state index contributed by atoms with van der Waals surface area (Å²) in [6, 6.07) is 3.62. The van der Waals surface area contributed by atoms with Gasteiger partial charge in [0.15, 0.2) is 20.3 Å². The minimum atomic E-state index is -2.92. The number of sulfone groups is 1. The Morgan fingerprint density at radius 3 is 3.06 bits per heavy atom. The molecular formula is C10H11N3O2S2. The first-order valence-corrected chi connectivity index (χ1v) is 7.55. The van der Waals surface area contributed by atoms with E-state index >= 15 is 0 Å². The van der Waals surface area contributed by atoms with Crippen LogP contribution in [-0.2, 0) is 9.84 Å². The molecule has 1 saturated heterocycles. The number of fused-ring (bicyclic) bond motifs is 1. The van der Waals surface area contributed by atoms with Crippen LogP contribution in [0.1, 0.15) is 12.5 Å². The van der Waals surface area contributed by atoms with Gasteiger partial charge in [-0.1, -0.05) is 0 Å². The molecule has 0 spiro atoms. The second kappa shape index (κ2) is 3.64. The zero-order valence-electron chi connectivity index (χ0n) is 8.96. The van der Waals surface area contributed by atoms with E-state index in [1.165, 1.54) is 0 Å². The number of imidazole rings is 1. The van der Waals surface area contributed by atoms with Gasteiger partial charge in [-0.2, -0.15) is 0 Å². The number of H-pyrrole nitrogens is 1. The smallest absolute Gasteiger partial charge is 0.179 e. The molecule has 1 aliphatic heterocycles. The van der Waals surface area contributed by atoms with Gasteiger partial charge in [0, 0.05) is 6.20 Å². The van der Waals surface area contributed by atoms with Crippen LogP contribution in [-0.4, -0.2) is 34.5 Å². The Hall–Kier alpha value is -1.21. The minimum absolute atomic E-state index is 0.0869. The molecule has 90 valence electrons. The van der Waals surface area contributed by atoms with Crippen molar-refractivity contribution in [3.05, 3.63) is 23.1 Å². The van der Waals surface area contributed by atoms with Gasteiger partial charge in [0.25, 0.3) is 0 Å². The molecule has 5 nitrogen and oxygen atoms in total. The van der Waals surface area contributed by atoms with Crippen molar-refractivity contribution in [2.75, 3.05) is 11.5 Å². The zero-order valence-corrected chi connectivity index (χ0v) is 10.6. The van der Waals surface area contributed by atoms with E-state index in [9.17, 15) is 8.42 Å². The largest absolute Gasteiger partial charge is 0.329 e. The fourth-order valence-electron chi connectivity index (χ4n) is 2.28. The average molecular weight is 269 g/mol. The van der Waals surface area contributed by atoms with Crippen molar-refractivity contribution < 1.29 is 8.42 Å². The van der Waals surface area contributed by atoms with E-state index in [2.05, 4.69) is 9.97 Å². The van der Waals surface area contributed by atoms with Crippen LogP contribution in [0.15, 0.2) is 18.3 Å². The highest BCUT2D eigenvalue weighted by Crippen LogP contribution is 2.27. The molecular weight excluding hydrogens is 258 g/mol. The zero-order chi connectivity index (χ0) is 12.0. The maximum atomic E-state index is 11.5. The van der Waals surface area contributed by atoms with Gasteiger partial charge in [-0.15, -0.1) is 0 Å². The first kappa shape index (κ1) is 10.9. The number of nitrogens with one attached hydrogen (secondary N) is 1. The third-order valence-corrected chi connectivity index (χ3v) is 5.10. The number of rotatable bonds is 1. The van der Waals surface area contributed by atoms with E-state index in [4.69, 9.17) is 12.2 Å². The van der Waals surface area contributed by atoms with E-state index < -0.39 is 9.84 Å². The molecule has 1 unspecified atom stereocenters. The normalized spacial score (nSPS) is 23.2. The Morgan fingerprint density at radius 2 is 2.35 bits per heavy atom. The van der Waals surface area contributed by atoms with Gasteiger partial charge in [0.05, 0.1) is 23.1 Å². The molecule has 0 aromatic carbocycles. The van der Waals surface area contributed by atoms with E-state index in [0.717, 1.165) is 11.2 Å². The van der Waals surface area contributed by atoms with Gasteiger partial charge in [0.1, 0.15) is 0 Å².